The minimum absolute atomic E-state index is 0.0476. The second-order valence-corrected chi connectivity index (χ2v) is 8.90. The first-order chi connectivity index (χ1) is 15.1. The summed E-state index contributed by atoms with van der Waals surface area (Å²) < 4.78 is 2.91. The van der Waals surface area contributed by atoms with Crippen LogP contribution in [0.25, 0.3) is 0 Å². The number of urea groups is 1. The third-order valence-electron chi connectivity index (χ3n) is 5.92. The van der Waals surface area contributed by atoms with Gasteiger partial charge in [-0.1, -0.05) is 24.1 Å². The molecule has 2 aliphatic rings. The van der Waals surface area contributed by atoms with E-state index in [4.69, 9.17) is 6.42 Å². The normalized spacial score (nSPS) is 13.8. The van der Waals surface area contributed by atoms with Gasteiger partial charge in [-0.2, -0.15) is 0 Å². The van der Waals surface area contributed by atoms with E-state index >= 15 is 0 Å². The predicted molar refractivity (Wildman–Crippen MR) is 125 cm³/mol. The molecule has 5 nitrogen and oxygen atoms in total. The summed E-state index contributed by atoms with van der Waals surface area (Å²) >= 11 is 1.30. The zero-order valence-electron chi connectivity index (χ0n) is 17.6. The fourth-order valence-corrected chi connectivity index (χ4v) is 4.97. The van der Waals surface area contributed by atoms with Crippen molar-refractivity contribution in [3.05, 3.63) is 58.1 Å². The van der Waals surface area contributed by atoms with Gasteiger partial charge in [-0.05, 0) is 96.8 Å². The molecule has 0 aliphatic heterocycles. The molecule has 6 heteroatoms. The van der Waals surface area contributed by atoms with Crippen molar-refractivity contribution in [2.24, 2.45) is 0 Å². The average molecular weight is 434 g/mol. The number of carbonyl (C=O) groups excluding carboxylic acids is 2. The maximum absolute atomic E-state index is 12.6. The van der Waals surface area contributed by atoms with Gasteiger partial charge in [0.25, 0.3) is 0 Å². The van der Waals surface area contributed by atoms with E-state index in [1.54, 1.807) is 0 Å². The Bertz CT molecular complexity index is 992. The van der Waals surface area contributed by atoms with E-state index in [2.05, 4.69) is 27.3 Å². The summed E-state index contributed by atoms with van der Waals surface area (Å²) in [5.41, 5.74) is 7.60. The molecule has 0 radical (unpaired) electrons. The lowest BCUT2D eigenvalue weighted by Crippen LogP contribution is -2.24. The van der Waals surface area contributed by atoms with E-state index in [-0.39, 0.29) is 18.5 Å². The van der Waals surface area contributed by atoms with E-state index in [9.17, 15) is 9.59 Å². The van der Waals surface area contributed by atoms with Gasteiger partial charge < -0.3 is 10.6 Å². The SMILES string of the molecule is C#CCNC(=O)CCc1ccc(SNC(=O)Nc2c3c(cc4c2CCC4)CCC3)cc1. The summed E-state index contributed by atoms with van der Waals surface area (Å²) in [6.45, 7) is 0.261. The van der Waals surface area contributed by atoms with E-state index in [0.717, 1.165) is 41.8 Å². The zero-order valence-corrected chi connectivity index (χ0v) is 18.4. The van der Waals surface area contributed by atoms with Crippen LogP contribution in [0.5, 0.6) is 0 Å². The van der Waals surface area contributed by atoms with Gasteiger partial charge in [0.15, 0.2) is 0 Å². The summed E-state index contributed by atoms with van der Waals surface area (Å²) in [4.78, 5) is 25.2. The number of aryl methyl sites for hydroxylation is 3. The van der Waals surface area contributed by atoms with Gasteiger partial charge in [0.2, 0.25) is 5.91 Å². The lowest BCUT2D eigenvalue weighted by Gasteiger charge is -2.16. The molecular weight excluding hydrogens is 406 g/mol. The predicted octanol–water partition coefficient (Wildman–Crippen LogP) is 4.17. The molecule has 4 rings (SSSR count). The second-order valence-electron chi connectivity index (χ2n) is 8.02. The Labute approximate surface area is 187 Å². The van der Waals surface area contributed by atoms with Crippen LogP contribution in [-0.2, 0) is 36.9 Å². The third kappa shape index (κ3) is 5.23. The second kappa shape index (κ2) is 9.93. The Morgan fingerprint density at radius 2 is 1.68 bits per heavy atom. The molecule has 0 aromatic heterocycles. The largest absolute Gasteiger partial charge is 0.345 e. The van der Waals surface area contributed by atoms with Crippen LogP contribution in [0.2, 0.25) is 0 Å². The highest BCUT2D eigenvalue weighted by atomic mass is 32.2. The van der Waals surface area contributed by atoms with Crippen LogP contribution in [0, 0.1) is 12.3 Å². The van der Waals surface area contributed by atoms with Gasteiger partial charge in [-0.15, -0.1) is 6.42 Å². The first-order valence-corrected chi connectivity index (χ1v) is 11.6. The summed E-state index contributed by atoms with van der Waals surface area (Å²) in [5, 5.41) is 5.81. The Morgan fingerprint density at radius 1 is 1.00 bits per heavy atom. The smallest absolute Gasteiger partial charge is 0.329 e. The first-order valence-electron chi connectivity index (χ1n) is 10.8. The molecular formula is C25H27N3O2S. The number of amides is 3. The van der Waals surface area contributed by atoms with Gasteiger partial charge in [-0.25, -0.2) is 4.79 Å². The highest BCUT2D eigenvalue weighted by molar-refractivity contribution is 7.98. The minimum atomic E-state index is -0.186. The standard InChI is InChI=1S/C25H27N3O2S/c1-2-15-26-23(29)14-11-17-9-12-20(13-10-17)31-28-25(30)27-24-21-7-3-5-18(21)16-19-6-4-8-22(19)24/h1,9-10,12-13,16H,3-8,11,14-15H2,(H,26,29)(H2,27,28,30). The van der Waals surface area contributed by atoms with Crippen molar-refractivity contribution >= 4 is 29.6 Å². The van der Waals surface area contributed by atoms with E-state index in [0.29, 0.717) is 12.8 Å². The lowest BCUT2D eigenvalue weighted by molar-refractivity contribution is -0.120. The molecule has 0 bridgehead atoms. The van der Waals surface area contributed by atoms with Crippen LogP contribution in [0.15, 0.2) is 35.2 Å². The summed E-state index contributed by atoms with van der Waals surface area (Å²) in [7, 11) is 0. The topological polar surface area (TPSA) is 70.2 Å². The Hall–Kier alpha value is -2.91. The summed E-state index contributed by atoms with van der Waals surface area (Å²) in [6, 6.07) is 10.0. The fraction of sp³-hybridized carbons (Fsp3) is 0.360. The van der Waals surface area contributed by atoms with Gasteiger partial charge >= 0.3 is 6.03 Å². The van der Waals surface area contributed by atoms with Crippen molar-refractivity contribution in [3.63, 3.8) is 0 Å². The number of hydrogen-bond donors (Lipinski definition) is 3. The summed E-state index contributed by atoms with van der Waals surface area (Å²) in [6.07, 6.45) is 12.9. The molecule has 0 fully saturated rings. The first kappa shape index (κ1) is 21.3. The Morgan fingerprint density at radius 3 is 2.32 bits per heavy atom. The minimum Gasteiger partial charge on any atom is -0.345 e. The van der Waals surface area contributed by atoms with Crippen LogP contribution < -0.4 is 15.4 Å². The quantitative estimate of drug-likeness (QED) is 0.453. The van der Waals surface area contributed by atoms with E-state index in [1.807, 2.05) is 24.3 Å². The number of anilines is 1. The number of nitrogens with one attached hydrogen (secondary N) is 3. The maximum atomic E-state index is 12.6. The molecule has 0 saturated heterocycles. The molecule has 0 saturated carbocycles. The third-order valence-corrected chi connectivity index (χ3v) is 6.72. The average Bonchev–Trinajstić information content (AvgIpc) is 3.44. The Kier molecular flexibility index (Phi) is 6.83. The van der Waals surface area contributed by atoms with Crippen LogP contribution in [0.4, 0.5) is 10.5 Å². The number of rotatable bonds is 7. The van der Waals surface area contributed by atoms with Crippen LogP contribution >= 0.6 is 11.9 Å². The highest BCUT2D eigenvalue weighted by Crippen LogP contribution is 2.38. The Balaban J connectivity index is 1.30. The molecule has 3 N–H and O–H groups in total. The van der Waals surface area contributed by atoms with Crippen molar-refractivity contribution in [1.82, 2.24) is 10.0 Å². The number of carbonyl (C=O) groups is 2. The molecule has 3 amide bonds. The molecule has 0 unspecified atom stereocenters. The maximum Gasteiger partial charge on any atom is 0.329 e. The number of terminal acetylenes is 1. The number of benzene rings is 2. The van der Waals surface area contributed by atoms with Gasteiger partial charge in [0.05, 0.1) is 6.54 Å². The molecule has 2 aromatic carbocycles. The number of hydrogen-bond acceptors (Lipinski definition) is 3. The van der Waals surface area contributed by atoms with Gasteiger partial charge in [0, 0.05) is 17.0 Å². The van der Waals surface area contributed by atoms with Gasteiger partial charge in [-0.3, -0.25) is 9.52 Å². The fourth-order valence-electron chi connectivity index (χ4n) is 4.43. The van der Waals surface area contributed by atoms with Crippen LogP contribution in [0.3, 0.4) is 0 Å². The van der Waals surface area contributed by atoms with E-state index < -0.39 is 0 Å². The van der Waals surface area contributed by atoms with Crippen molar-refractivity contribution < 1.29 is 9.59 Å². The van der Waals surface area contributed by atoms with Crippen molar-refractivity contribution in [2.75, 3.05) is 11.9 Å². The highest BCUT2D eigenvalue weighted by Gasteiger charge is 2.24. The molecule has 31 heavy (non-hydrogen) atoms. The van der Waals surface area contributed by atoms with Gasteiger partial charge in [0.1, 0.15) is 0 Å². The molecule has 2 aromatic rings. The zero-order chi connectivity index (χ0) is 21.6. The van der Waals surface area contributed by atoms with Crippen molar-refractivity contribution in [2.45, 2.75) is 56.3 Å². The molecule has 0 spiro atoms. The monoisotopic (exact) mass is 433 g/mol. The van der Waals surface area contributed by atoms with Crippen molar-refractivity contribution in [1.29, 1.82) is 0 Å². The number of fused-ring (bicyclic) bond motifs is 2. The lowest BCUT2D eigenvalue weighted by atomic mass is 9.99. The van der Waals surface area contributed by atoms with E-state index in [1.165, 1.54) is 47.0 Å². The van der Waals surface area contributed by atoms with Crippen molar-refractivity contribution in [3.8, 4) is 12.3 Å². The molecule has 0 heterocycles. The van der Waals surface area contributed by atoms with Crippen LogP contribution in [0.1, 0.15) is 47.1 Å². The molecule has 2 aliphatic carbocycles. The molecule has 160 valence electrons. The van der Waals surface area contributed by atoms with Crippen LogP contribution in [-0.4, -0.2) is 18.5 Å². The summed E-state index contributed by atoms with van der Waals surface area (Å²) in [5.74, 6) is 2.34. The molecule has 0 atom stereocenters.